The number of phenols is 1. The summed E-state index contributed by atoms with van der Waals surface area (Å²) in [5.41, 5.74) is 1.34. The molecule has 0 unspecified atom stereocenters. The predicted octanol–water partition coefficient (Wildman–Crippen LogP) is 4.14. The standard InChI is InChI=1S/C14H22O.Sr.2H/c1-2-3-4-5-6-7-8-13-9-11-14(15)12-10-13;;;/h9-12,15H,2-8H2,1H3;;;/q;+2;2*-1. The van der Waals surface area contributed by atoms with Crippen molar-refractivity contribution in [2.75, 3.05) is 0 Å². The maximum atomic E-state index is 9.13. The fourth-order valence-electron chi connectivity index (χ4n) is 1.77. The molecule has 0 aliphatic rings. The van der Waals surface area contributed by atoms with Gasteiger partial charge in [-0.15, -0.1) is 0 Å². The van der Waals surface area contributed by atoms with Gasteiger partial charge in [0.25, 0.3) is 0 Å². The molecule has 0 spiro atoms. The van der Waals surface area contributed by atoms with Crippen molar-refractivity contribution in [3.63, 3.8) is 0 Å². The zero-order chi connectivity index (χ0) is 10.9. The van der Waals surface area contributed by atoms with Gasteiger partial charge in [0.05, 0.1) is 0 Å². The molecule has 0 saturated carbocycles. The van der Waals surface area contributed by atoms with E-state index in [1.807, 2.05) is 12.1 Å². The number of benzene rings is 1. The van der Waals surface area contributed by atoms with Crippen LogP contribution in [-0.2, 0) is 6.42 Å². The monoisotopic (exact) mass is 296 g/mol. The second-order valence-corrected chi connectivity index (χ2v) is 4.18. The number of hydrogen-bond donors (Lipinski definition) is 1. The summed E-state index contributed by atoms with van der Waals surface area (Å²) >= 11 is 0. The Labute approximate surface area is 140 Å². The number of rotatable bonds is 7. The molecule has 1 aromatic carbocycles. The zero-order valence-electron chi connectivity index (χ0n) is 12.4. The van der Waals surface area contributed by atoms with E-state index in [0.29, 0.717) is 5.75 Å². The molecular formula is C14H24OSr. The van der Waals surface area contributed by atoms with Crippen molar-refractivity contribution in [2.45, 2.75) is 51.9 Å². The van der Waals surface area contributed by atoms with Crippen molar-refractivity contribution in [1.29, 1.82) is 0 Å². The summed E-state index contributed by atoms with van der Waals surface area (Å²) in [6, 6.07) is 7.57. The summed E-state index contributed by atoms with van der Waals surface area (Å²) in [6.45, 7) is 2.25. The first-order valence-electron chi connectivity index (χ1n) is 6.11. The van der Waals surface area contributed by atoms with E-state index in [2.05, 4.69) is 6.92 Å². The first kappa shape index (κ1) is 16.5. The number of unbranched alkanes of at least 4 members (excludes halogenated alkanes) is 5. The van der Waals surface area contributed by atoms with E-state index in [-0.39, 0.29) is 48.3 Å². The Morgan fingerprint density at radius 1 is 0.938 bits per heavy atom. The predicted molar refractivity (Wildman–Crippen MR) is 73.2 cm³/mol. The van der Waals surface area contributed by atoms with Crippen LogP contribution in [0.15, 0.2) is 24.3 Å². The second kappa shape index (κ2) is 10.6. The Bertz CT molecular complexity index is 265. The third-order valence-corrected chi connectivity index (χ3v) is 2.76. The SMILES string of the molecule is CCCCCCCCc1ccc(O)cc1.[H-].[H-].[Sr+2]. The van der Waals surface area contributed by atoms with Gasteiger partial charge in [-0.2, -0.15) is 0 Å². The number of hydrogen-bond acceptors (Lipinski definition) is 1. The summed E-state index contributed by atoms with van der Waals surface area (Å²) in [4.78, 5) is 0. The first-order valence-corrected chi connectivity index (χ1v) is 6.11. The van der Waals surface area contributed by atoms with E-state index in [0.717, 1.165) is 6.42 Å². The van der Waals surface area contributed by atoms with Crippen LogP contribution in [0.1, 0.15) is 53.9 Å². The van der Waals surface area contributed by atoms with Crippen molar-refractivity contribution < 1.29 is 7.96 Å². The van der Waals surface area contributed by atoms with Crippen LogP contribution >= 0.6 is 0 Å². The largest absolute Gasteiger partial charge is 2.00 e. The van der Waals surface area contributed by atoms with E-state index >= 15 is 0 Å². The number of aromatic hydroxyl groups is 1. The normalized spacial score (nSPS) is 9.81. The van der Waals surface area contributed by atoms with Crippen molar-refractivity contribution in [2.24, 2.45) is 0 Å². The Hall–Kier alpha value is 0.501. The molecule has 16 heavy (non-hydrogen) atoms. The minimum absolute atomic E-state index is 0. The van der Waals surface area contributed by atoms with Gasteiger partial charge < -0.3 is 7.96 Å². The van der Waals surface area contributed by atoms with Crippen LogP contribution in [0.4, 0.5) is 0 Å². The molecule has 1 nitrogen and oxygen atoms in total. The quantitative estimate of drug-likeness (QED) is 0.592. The average Bonchev–Trinajstić information content (AvgIpc) is 2.26. The minimum atomic E-state index is 0. The van der Waals surface area contributed by atoms with Gasteiger partial charge >= 0.3 is 45.5 Å². The Balaban J connectivity index is -0.000000750. The van der Waals surface area contributed by atoms with Gasteiger partial charge in [-0.1, -0.05) is 51.2 Å². The van der Waals surface area contributed by atoms with Crippen LogP contribution in [0, 0.1) is 0 Å². The molecule has 1 N–H and O–H groups in total. The number of phenolic OH excluding ortho intramolecular Hbond substituents is 1. The van der Waals surface area contributed by atoms with Gasteiger partial charge in [-0.25, -0.2) is 0 Å². The molecule has 0 fully saturated rings. The summed E-state index contributed by atoms with van der Waals surface area (Å²) in [6.07, 6.45) is 9.19. The fraction of sp³-hybridized carbons (Fsp3) is 0.571. The van der Waals surface area contributed by atoms with Crippen LogP contribution in [0.25, 0.3) is 0 Å². The second-order valence-electron chi connectivity index (χ2n) is 4.18. The maximum absolute atomic E-state index is 9.13. The van der Waals surface area contributed by atoms with Crippen LogP contribution < -0.4 is 0 Å². The molecule has 1 rings (SSSR count). The van der Waals surface area contributed by atoms with Gasteiger partial charge in [-0.05, 0) is 30.5 Å². The van der Waals surface area contributed by atoms with Gasteiger partial charge in [0.1, 0.15) is 5.75 Å². The molecule has 0 radical (unpaired) electrons. The van der Waals surface area contributed by atoms with E-state index in [1.165, 1.54) is 44.1 Å². The van der Waals surface area contributed by atoms with Gasteiger partial charge in [-0.3, -0.25) is 0 Å². The molecule has 0 amide bonds. The fourth-order valence-corrected chi connectivity index (χ4v) is 1.77. The Morgan fingerprint density at radius 2 is 1.50 bits per heavy atom. The van der Waals surface area contributed by atoms with Crippen molar-refractivity contribution in [3.8, 4) is 5.75 Å². The summed E-state index contributed by atoms with van der Waals surface area (Å²) in [5, 5.41) is 9.13. The zero-order valence-corrected chi connectivity index (χ0v) is 13.9. The molecular weight excluding hydrogens is 272 g/mol. The molecule has 0 aliphatic heterocycles. The minimum Gasteiger partial charge on any atom is -1.00 e. The molecule has 2 heteroatoms. The third-order valence-electron chi connectivity index (χ3n) is 2.76. The average molecular weight is 296 g/mol. The van der Waals surface area contributed by atoms with Crippen LogP contribution in [-0.4, -0.2) is 50.6 Å². The molecule has 0 aromatic heterocycles. The molecule has 0 heterocycles. The molecule has 0 saturated heterocycles. The van der Waals surface area contributed by atoms with Crippen LogP contribution in [0.5, 0.6) is 5.75 Å². The Morgan fingerprint density at radius 3 is 2.12 bits per heavy atom. The van der Waals surface area contributed by atoms with Crippen molar-refractivity contribution in [3.05, 3.63) is 29.8 Å². The first-order chi connectivity index (χ1) is 7.33. The summed E-state index contributed by atoms with van der Waals surface area (Å²) in [5.74, 6) is 0.363. The van der Waals surface area contributed by atoms with Gasteiger partial charge in [0, 0.05) is 0 Å². The van der Waals surface area contributed by atoms with Crippen LogP contribution in [0.3, 0.4) is 0 Å². The van der Waals surface area contributed by atoms with Gasteiger partial charge in [0.2, 0.25) is 0 Å². The van der Waals surface area contributed by atoms with Crippen molar-refractivity contribution in [1.82, 2.24) is 0 Å². The van der Waals surface area contributed by atoms with E-state index in [4.69, 9.17) is 5.11 Å². The number of aryl methyl sites for hydroxylation is 1. The van der Waals surface area contributed by atoms with E-state index in [1.54, 1.807) is 12.1 Å². The topological polar surface area (TPSA) is 20.2 Å². The van der Waals surface area contributed by atoms with E-state index in [9.17, 15) is 0 Å². The van der Waals surface area contributed by atoms with Crippen LogP contribution in [0.2, 0.25) is 0 Å². The maximum Gasteiger partial charge on any atom is 2.00 e. The molecule has 1 aromatic rings. The van der Waals surface area contributed by atoms with Gasteiger partial charge in [0.15, 0.2) is 0 Å². The Kier molecular flexibility index (Phi) is 11.0. The summed E-state index contributed by atoms with van der Waals surface area (Å²) in [7, 11) is 0. The summed E-state index contributed by atoms with van der Waals surface area (Å²) < 4.78 is 0. The molecule has 0 atom stereocenters. The molecule has 88 valence electrons. The third kappa shape index (κ3) is 7.72. The molecule has 0 aliphatic carbocycles. The van der Waals surface area contributed by atoms with Crippen molar-refractivity contribution >= 4 is 45.5 Å². The molecule has 0 bridgehead atoms. The van der Waals surface area contributed by atoms with E-state index < -0.39 is 0 Å². The smallest absolute Gasteiger partial charge is 1.00 e.